The molecule has 1 aromatic carbocycles. The number of anilines is 1. The van der Waals surface area contributed by atoms with Crippen LogP contribution in [0.1, 0.15) is 26.7 Å². The van der Waals surface area contributed by atoms with Crippen LogP contribution in [0, 0.1) is 11.8 Å². The van der Waals surface area contributed by atoms with Crippen molar-refractivity contribution >= 4 is 23.5 Å². The molecule has 2 atom stereocenters. The summed E-state index contributed by atoms with van der Waals surface area (Å²) in [5, 5.41) is 2.17. The number of allylic oxidation sites excluding steroid dienone is 1. The highest BCUT2D eigenvalue weighted by Gasteiger charge is 2.48. The highest BCUT2D eigenvalue weighted by atomic mass is 19.3. The summed E-state index contributed by atoms with van der Waals surface area (Å²) >= 11 is 0. The number of nitrogens with one attached hydrogen (secondary N) is 1. The molecule has 28 heavy (non-hydrogen) atoms. The highest BCUT2D eigenvalue weighted by Crippen LogP contribution is 2.39. The molecule has 152 valence electrons. The van der Waals surface area contributed by atoms with Crippen LogP contribution in [-0.2, 0) is 23.9 Å². The van der Waals surface area contributed by atoms with Crippen molar-refractivity contribution < 1.29 is 32.6 Å². The molecule has 0 saturated carbocycles. The molecule has 0 spiro atoms. The van der Waals surface area contributed by atoms with Gasteiger partial charge in [0.2, 0.25) is 0 Å². The van der Waals surface area contributed by atoms with Gasteiger partial charge in [0.25, 0.3) is 5.91 Å². The molecule has 1 amide bonds. The Labute approximate surface area is 161 Å². The Kier molecular flexibility index (Phi) is 7.25. The van der Waals surface area contributed by atoms with Crippen LogP contribution >= 0.6 is 0 Å². The van der Waals surface area contributed by atoms with E-state index in [0.29, 0.717) is 0 Å². The lowest BCUT2D eigenvalue weighted by Crippen LogP contribution is -2.42. The summed E-state index contributed by atoms with van der Waals surface area (Å²) in [5.41, 5.74) is -0.283. The first-order valence-electron chi connectivity index (χ1n) is 9.08. The fraction of sp³-hybridized carbons (Fsp3) is 0.450. The van der Waals surface area contributed by atoms with Gasteiger partial charge in [0.05, 0.1) is 25.0 Å². The number of hydrogen-bond donors (Lipinski definition) is 1. The predicted octanol–water partition coefficient (Wildman–Crippen LogP) is 3.34. The summed E-state index contributed by atoms with van der Waals surface area (Å²) in [6, 6.07) is 7.88. The van der Waals surface area contributed by atoms with Gasteiger partial charge in [-0.05, 0) is 38.8 Å². The standard InChI is InChI=1S/C20H23F2NO5/c1-3-27-17(24)15-11-10-13(12-16(15)18(25)28-4-2)20(21,22)19(26)23-14-8-6-5-7-9-14/h5-10,15-16H,3-4,11-12H2,1-2H3,(H,23,26)/t15-,16-/m1/s1. The van der Waals surface area contributed by atoms with Gasteiger partial charge in [0.15, 0.2) is 0 Å². The Morgan fingerprint density at radius 3 is 2.18 bits per heavy atom. The molecule has 8 heteroatoms. The number of alkyl halides is 2. The Balaban J connectivity index is 2.22. The molecule has 1 aromatic rings. The van der Waals surface area contributed by atoms with E-state index in [1.807, 2.05) is 0 Å². The SMILES string of the molecule is CCOC(=O)[C@@H]1CC=C(C(F)(F)C(=O)Nc2ccccc2)C[C@H]1C(=O)OCC. The van der Waals surface area contributed by atoms with Crippen LogP contribution < -0.4 is 5.32 Å². The number of halogens is 2. The average molecular weight is 395 g/mol. The van der Waals surface area contributed by atoms with Crippen LogP contribution in [0.25, 0.3) is 0 Å². The molecule has 1 aliphatic rings. The minimum atomic E-state index is -3.83. The van der Waals surface area contributed by atoms with Crippen molar-refractivity contribution in [1.29, 1.82) is 0 Å². The Morgan fingerprint density at radius 1 is 1.04 bits per heavy atom. The molecule has 0 aromatic heterocycles. The zero-order valence-electron chi connectivity index (χ0n) is 15.7. The minimum Gasteiger partial charge on any atom is -0.466 e. The number of rotatable bonds is 7. The van der Waals surface area contributed by atoms with Crippen LogP contribution in [-0.4, -0.2) is 37.0 Å². The summed E-state index contributed by atoms with van der Waals surface area (Å²) in [6.45, 7) is 3.36. The normalized spacial score (nSPS) is 19.4. The third-order valence-corrected chi connectivity index (χ3v) is 4.44. The molecule has 6 nitrogen and oxygen atoms in total. The second-order valence-electron chi connectivity index (χ2n) is 6.28. The maximum absolute atomic E-state index is 14.7. The third-order valence-electron chi connectivity index (χ3n) is 4.44. The van der Waals surface area contributed by atoms with E-state index in [9.17, 15) is 23.2 Å². The number of carbonyl (C=O) groups is 3. The van der Waals surface area contributed by atoms with Crippen molar-refractivity contribution in [2.24, 2.45) is 11.8 Å². The number of benzene rings is 1. The smallest absolute Gasteiger partial charge is 0.346 e. The summed E-state index contributed by atoms with van der Waals surface area (Å²) < 4.78 is 39.4. The number of carbonyl (C=O) groups excluding carboxylic acids is 3. The van der Waals surface area contributed by atoms with Crippen molar-refractivity contribution in [2.75, 3.05) is 18.5 Å². The Morgan fingerprint density at radius 2 is 1.61 bits per heavy atom. The van der Waals surface area contributed by atoms with Crippen LogP contribution in [0.15, 0.2) is 42.0 Å². The van der Waals surface area contributed by atoms with Crippen LogP contribution in [0.5, 0.6) is 0 Å². The Hall–Kier alpha value is -2.77. The maximum atomic E-state index is 14.7. The first kappa shape index (κ1) is 21.5. The van der Waals surface area contributed by atoms with Crippen LogP contribution in [0.4, 0.5) is 14.5 Å². The topological polar surface area (TPSA) is 81.7 Å². The van der Waals surface area contributed by atoms with Crippen molar-refractivity contribution in [2.45, 2.75) is 32.6 Å². The van der Waals surface area contributed by atoms with Crippen molar-refractivity contribution in [1.82, 2.24) is 0 Å². The lowest BCUT2D eigenvalue weighted by Gasteiger charge is -2.30. The second-order valence-corrected chi connectivity index (χ2v) is 6.28. The van der Waals surface area contributed by atoms with Crippen molar-refractivity contribution in [3.8, 4) is 0 Å². The lowest BCUT2D eigenvalue weighted by molar-refractivity contribution is -0.161. The zero-order chi connectivity index (χ0) is 20.7. The van der Waals surface area contributed by atoms with Gasteiger partial charge in [-0.15, -0.1) is 0 Å². The zero-order valence-corrected chi connectivity index (χ0v) is 15.7. The maximum Gasteiger partial charge on any atom is 0.346 e. The van der Waals surface area contributed by atoms with Crippen molar-refractivity contribution in [3.63, 3.8) is 0 Å². The van der Waals surface area contributed by atoms with E-state index in [1.54, 1.807) is 32.0 Å². The molecule has 0 saturated heterocycles. The van der Waals surface area contributed by atoms with E-state index < -0.39 is 47.6 Å². The molecule has 1 aliphatic carbocycles. The number of ether oxygens (including phenoxy) is 2. The van der Waals surface area contributed by atoms with Gasteiger partial charge in [0.1, 0.15) is 0 Å². The van der Waals surface area contributed by atoms with E-state index in [0.717, 1.165) is 6.08 Å². The first-order chi connectivity index (χ1) is 13.3. The molecular formula is C20H23F2NO5. The average Bonchev–Trinajstić information content (AvgIpc) is 2.68. The summed E-state index contributed by atoms with van der Waals surface area (Å²) in [5.74, 6) is -8.79. The van der Waals surface area contributed by atoms with Crippen LogP contribution in [0.3, 0.4) is 0 Å². The number of esters is 2. The number of amides is 1. The molecule has 1 N–H and O–H groups in total. The molecule has 0 aliphatic heterocycles. The van der Waals surface area contributed by atoms with Gasteiger partial charge in [0, 0.05) is 11.3 Å². The minimum absolute atomic E-state index is 0.0504. The summed E-state index contributed by atoms with van der Waals surface area (Å²) in [4.78, 5) is 36.5. The molecule has 0 fully saturated rings. The molecule has 0 heterocycles. The number of para-hydroxylation sites is 1. The molecule has 2 rings (SSSR count). The monoisotopic (exact) mass is 395 g/mol. The van der Waals surface area contributed by atoms with E-state index in [4.69, 9.17) is 9.47 Å². The van der Waals surface area contributed by atoms with Gasteiger partial charge in [-0.2, -0.15) is 8.78 Å². The van der Waals surface area contributed by atoms with Gasteiger partial charge in [-0.25, -0.2) is 0 Å². The molecule has 0 unspecified atom stereocenters. The highest BCUT2D eigenvalue weighted by molar-refractivity contribution is 5.98. The summed E-state index contributed by atoms with van der Waals surface area (Å²) in [7, 11) is 0. The van der Waals surface area contributed by atoms with Gasteiger partial charge in [-0.3, -0.25) is 14.4 Å². The second kappa shape index (κ2) is 9.43. The van der Waals surface area contributed by atoms with E-state index >= 15 is 0 Å². The van der Waals surface area contributed by atoms with E-state index in [2.05, 4.69) is 5.32 Å². The van der Waals surface area contributed by atoms with Gasteiger partial charge < -0.3 is 14.8 Å². The molecule has 0 bridgehead atoms. The fourth-order valence-electron chi connectivity index (χ4n) is 3.04. The van der Waals surface area contributed by atoms with E-state index in [-0.39, 0.29) is 25.3 Å². The van der Waals surface area contributed by atoms with E-state index in [1.165, 1.54) is 12.1 Å². The molecular weight excluding hydrogens is 372 g/mol. The lowest BCUT2D eigenvalue weighted by atomic mass is 9.77. The van der Waals surface area contributed by atoms with Crippen molar-refractivity contribution in [3.05, 3.63) is 42.0 Å². The number of hydrogen-bond acceptors (Lipinski definition) is 5. The third kappa shape index (κ3) is 4.94. The Bertz CT molecular complexity index is 748. The largest absolute Gasteiger partial charge is 0.466 e. The quantitative estimate of drug-likeness (QED) is 0.566. The van der Waals surface area contributed by atoms with Gasteiger partial charge >= 0.3 is 17.9 Å². The van der Waals surface area contributed by atoms with Gasteiger partial charge in [-0.1, -0.05) is 24.3 Å². The fourth-order valence-corrected chi connectivity index (χ4v) is 3.04. The summed E-state index contributed by atoms with van der Waals surface area (Å²) in [6.07, 6.45) is 0.547. The predicted molar refractivity (Wildman–Crippen MR) is 97.6 cm³/mol. The first-order valence-corrected chi connectivity index (χ1v) is 9.08. The molecule has 0 radical (unpaired) electrons. The van der Waals surface area contributed by atoms with Crippen LogP contribution in [0.2, 0.25) is 0 Å².